The van der Waals surface area contributed by atoms with Gasteiger partial charge in [-0.15, -0.1) is 5.10 Å². The van der Waals surface area contributed by atoms with Gasteiger partial charge in [-0.2, -0.15) is 0 Å². The van der Waals surface area contributed by atoms with Gasteiger partial charge in [0.2, 0.25) is 5.91 Å². The molecule has 1 fully saturated rings. The van der Waals surface area contributed by atoms with Crippen LogP contribution in [0.4, 0.5) is 10.1 Å². The van der Waals surface area contributed by atoms with Gasteiger partial charge in [-0.3, -0.25) is 9.78 Å². The molecule has 29 heavy (non-hydrogen) atoms. The summed E-state index contributed by atoms with van der Waals surface area (Å²) < 4.78 is 14.6. The van der Waals surface area contributed by atoms with Crippen molar-refractivity contribution in [1.82, 2.24) is 24.9 Å². The van der Waals surface area contributed by atoms with Crippen molar-refractivity contribution in [3.05, 3.63) is 60.3 Å². The summed E-state index contributed by atoms with van der Waals surface area (Å²) in [6, 6.07) is 9.94. The number of aliphatic hydroxyl groups excluding tert-OH is 1. The molecule has 0 saturated carbocycles. The molecule has 1 amide bonds. The third kappa shape index (κ3) is 4.40. The van der Waals surface area contributed by atoms with E-state index in [1.165, 1.54) is 16.8 Å². The number of carbonyl (C=O) groups is 1. The number of carbonyl (C=O) groups excluding carboxylic acids is 1. The maximum absolute atomic E-state index is 13.1. The number of rotatable bonds is 5. The molecular formula is C20H21FN6O2. The third-order valence-corrected chi connectivity index (χ3v) is 4.94. The van der Waals surface area contributed by atoms with Gasteiger partial charge < -0.3 is 14.9 Å². The smallest absolute Gasteiger partial charge is 0.244 e. The highest BCUT2D eigenvalue weighted by molar-refractivity contribution is 5.76. The first-order valence-corrected chi connectivity index (χ1v) is 9.37. The summed E-state index contributed by atoms with van der Waals surface area (Å²) in [5.74, 6) is -0.274. The molecule has 0 radical (unpaired) electrons. The molecule has 0 spiro atoms. The molecule has 1 saturated heterocycles. The van der Waals surface area contributed by atoms with Crippen LogP contribution in [0.3, 0.4) is 0 Å². The lowest BCUT2D eigenvalue weighted by Crippen LogP contribution is -2.49. The quantitative estimate of drug-likeness (QED) is 0.700. The Hall–Kier alpha value is -3.33. The van der Waals surface area contributed by atoms with Crippen LogP contribution in [0.1, 0.15) is 5.69 Å². The Kier molecular flexibility index (Phi) is 5.48. The highest BCUT2D eigenvalue weighted by Gasteiger charge is 2.22. The third-order valence-electron chi connectivity index (χ3n) is 4.94. The summed E-state index contributed by atoms with van der Waals surface area (Å²) in [5.41, 5.74) is 2.93. The molecule has 8 nitrogen and oxygen atoms in total. The van der Waals surface area contributed by atoms with E-state index in [9.17, 15) is 9.18 Å². The van der Waals surface area contributed by atoms with Crippen molar-refractivity contribution in [3.63, 3.8) is 0 Å². The molecule has 150 valence electrons. The zero-order valence-electron chi connectivity index (χ0n) is 15.8. The summed E-state index contributed by atoms with van der Waals surface area (Å²) in [6.45, 7) is 2.60. The van der Waals surface area contributed by atoms with E-state index in [1.54, 1.807) is 35.5 Å². The van der Waals surface area contributed by atoms with E-state index in [-0.39, 0.29) is 24.9 Å². The van der Waals surface area contributed by atoms with Crippen LogP contribution in [0.25, 0.3) is 11.3 Å². The first-order valence-electron chi connectivity index (χ1n) is 9.37. The highest BCUT2D eigenvalue weighted by Crippen LogP contribution is 2.18. The van der Waals surface area contributed by atoms with Crippen LogP contribution in [0.15, 0.2) is 48.8 Å². The minimum Gasteiger partial charge on any atom is -0.390 e. The van der Waals surface area contributed by atoms with E-state index in [1.807, 2.05) is 6.07 Å². The first-order chi connectivity index (χ1) is 14.1. The molecule has 2 aromatic heterocycles. The van der Waals surface area contributed by atoms with E-state index in [0.29, 0.717) is 37.6 Å². The SMILES string of the molecule is O=C(Cn1cc(-c2ccc(CO)nc2)nn1)N1CCN(c2ccc(F)cc2)CC1. The number of aliphatic hydroxyl groups is 1. The second-order valence-electron chi connectivity index (χ2n) is 6.84. The molecule has 0 bridgehead atoms. The molecule has 4 rings (SSSR count). The van der Waals surface area contributed by atoms with Crippen LogP contribution in [-0.4, -0.2) is 62.1 Å². The van der Waals surface area contributed by atoms with Crippen molar-refractivity contribution in [1.29, 1.82) is 0 Å². The minimum absolute atomic E-state index is 0.0195. The molecule has 1 aromatic carbocycles. The number of pyridine rings is 1. The van der Waals surface area contributed by atoms with Gasteiger partial charge in [-0.1, -0.05) is 5.21 Å². The zero-order valence-corrected chi connectivity index (χ0v) is 15.8. The Morgan fingerprint density at radius 3 is 2.48 bits per heavy atom. The fourth-order valence-electron chi connectivity index (χ4n) is 3.28. The molecule has 0 unspecified atom stereocenters. The van der Waals surface area contributed by atoms with Crippen molar-refractivity contribution in [2.45, 2.75) is 13.2 Å². The van der Waals surface area contributed by atoms with Gasteiger partial charge >= 0.3 is 0 Å². The number of amides is 1. The molecule has 1 N–H and O–H groups in total. The molecule has 0 aliphatic carbocycles. The Morgan fingerprint density at radius 1 is 1.07 bits per heavy atom. The fourth-order valence-corrected chi connectivity index (χ4v) is 3.28. The van der Waals surface area contributed by atoms with E-state index >= 15 is 0 Å². The topological polar surface area (TPSA) is 87.4 Å². The number of nitrogens with zero attached hydrogens (tertiary/aromatic N) is 6. The average Bonchev–Trinajstić information content (AvgIpc) is 3.23. The van der Waals surface area contributed by atoms with Crippen molar-refractivity contribution in [2.24, 2.45) is 0 Å². The monoisotopic (exact) mass is 396 g/mol. The molecule has 3 aromatic rings. The molecule has 3 heterocycles. The summed E-state index contributed by atoms with van der Waals surface area (Å²) in [6.07, 6.45) is 3.33. The molecular weight excluding hydrogens is 375 g/mol. The second-order valence-corrected chi connectivity index (χ2v) is 6.84. The predicted octanol–water partition coefficient (Wildman–Crippen LogP) is 1.32. The first kappa shape index (κ1) is 19.0. The number of halogens is 1. The van der Waals surface area contributed by atoms with Gasteiger partial charge in [0.25, 0.3) is 0 Å². The summed E-state index contributed by atoms with van der Waals surface area (Å²) in [4.78, 5) is 20.7. The molecule has 1 aliphatic rings. The Bertz CT molecular complexity index is 965. The van der Waals surface area contributed by atoms with Gasteiger partial charge in [0, 0.05) is 43.6 Å². The van der Waals surface area contributed by atoms with Crippen molar-refractivity contribution in [2.75, 3.05) is 31.1 Å². The lowest BCUT2D eigenvalue weighted by molar-refractivity contribution is -0.132. The standard InChI is InChI=1S/C20H21FN6O2/c21-16-2-5-18(6-3-16)25-7-9-26(10-8-25)20(29)13-27-12-19(23-24-27)15-1-4-17(14-28)22-11-15/h1-6,11-12,28H,7-10,13-14H2. The van der Waals surface area contributed by atoms with Crippen molar-refractivity contribution >= 4 is 11.6 Å². The number of anilines is 1. The van der Waals surface area contributed by atoms with Crippen LogP contribution in [0.5, 0.6) is 0 Å². The lowest BCUT2D eigenvalue weighted by Gasteiger charge is -2.36. The number of piperazine rings is 1. The average molecular weight is 396 g/mol. The van der Waals surface area contributed by atoms with Crippen LogP contribution in [0, 0.1) is 5.82 Å². The molecule has 9 heteroatoms. The van der Waals surface area contributed by atoms with Crippen molar-refractivity contribution in [3.8, 4) is 11.3 Å². The largest absolute Gasteiger partial charge is 0.390 e. The van der Waals surface area contributed by atoms with Gasteiger partial charge in [0.15, 0.2) is 0 Å². The van der Waals surface area contributed by atoms with E-state index in [2.05, 4.69) is 20.2 Å². The van der Waals surface area contributed by atoms with Crippen molar-refractivity contribution < 1.29 is 14.3 Å². The second kappa shape index (κ2) is 8.36. The predicted molar refractivity (Wildman–Crippen MR) is 104 cm³/mol. The maximum Gasteiger partial charge on any atom is 0.244 e. The van der Waals surface area contributed by atoms with Gasteiger partial charge in [-0.25, -0.2) is 9.07 Å². The van der Waals surface area contributed by atoms with Crippen LogP contribution in [0.2, 0.25) is 0 Å². The molecule has 1 aliphatic heterocycles. The Labute approximate surface area is 167 Å². The summed E-state index contributed by atoms with van der Waals surface area (Å²) >= 11 is 0. The molecule has 0 atom stereocenters. The normalized spacial score (nSPS) is 14.3. The fraction of sp³-hybridized carbons (Fsp3) is 0.300. The lowest BCUT2D eigenvalue weighted by atomic mass is 10.2. The minimum atomic E-state index is -0.255. The van der Waals surface area contributed by atoms with Gasteiger partial charge in [-0.05, 0) is 36.4 Å². The maximum atomic E-state index is 13.1. The number of aromatic nitrogens is 4. The van der Waals surface area contributed by atoms with Crippen LogP contribution >= 0.6 is 0 Å². The number of hydrogen-bond donors (Lipinski definition) is 1. The van der Waals surface area contributed by atoms with Gasteiger partial charge in [0.1, 0.15) is 18.1 Å². The van der Waals surface area contributed by atoms with Crippen LogP contribution < -0.4 is 4.90 Å². The van der Waals surface area contributed by atoms with E-state index < -0.39 is 0 Å². The number of benzene rings is 1. The Morgan fingerprint density at radius 2 is 1.83 bits per heavy atom. The highest BCUT2D eigenvalue weighted by atomic mass is 19.1. The Balaban J connectivity index is 1.33. The van der Waals surface area contributed by atoms with Crippen LogP contribution in [-0.2, 0) is 17.9 Å². The number of hydrogen-bond acceptors (Lipinski definition) is 6. The van der Waals surface area contributed by atoms with Gasteiger partial charge in [0.05, 0.1) is 18.5 Å². The van der Waals surface area contributed by atoms with E-state index in [4.69, 9.17) is 5.11 Å². The van der Waals surface area contributed by atoms with E-state index in [0.717, 1.165) is 11.3 Å². The summed E-state index contributed by atoms with van der Waals surface area (Å²) in [7, 11) is 0. The zero-order chi connectivity index (χ0) is 20.2. The summed E-state index contributed by atoms with van der Waals surface area (Å²) in [5, 5.41) is 17.2.